The summed E-state index contributed by atoms with van der Waals surface area (Å²) >= 11 is 0. The molecule has 1 heterocycles. The van der Waals surface area contributed by atoms with Crippen molar-refractivity contribution in [2.75, 3.05) is 0 Å². The zero-order valence-electron chi connectivity index (χ0n) is 22.0. The number of hydrogen-bond acceptors (Lipinski definition) is 5. The first-order chi connectivity index (χ1) is 19.3. The Morgan fingerprint density at radius 2 is 1.57 bits per heavy atom. The number of hydrogen-bond donors (Lipinski definition) is 1. The molecule has 40 heavy (non-hydrogen) atoms. The van der Waals surface area contributed by atoms with Crippen LogP contribution in [0.2, 0.25) is 0 Å². The SMILES string of the molecule is CC1=CC(=O)C2=C(CC3C(=CCC4C(=O)N(Cc5ccccc5)C(=O)C43)C2c2ccc(O)c3ccccc23)C1=O. The van der Waals surface area contributed by atoms with Crippen molar-refractivity contribution < 1.29 is 24.3 Å². The molecule has 4 unspecified atom stereocenters. The summed E-state index contributed by atoms with van der Waals surface area (Å²) in [7, 11) is 0. The second-order valence-electron chi connectivity index (χ2n) is 11.2. The third-order valence-electron chi connectivity index (χ3n) is 9.08. The maximum Gasteiger partial charge on any atom is 0.234 e. The van der Waals surface area contributed by atoms with Crippen LogP contribution in [0.5, 0.6) is 5.75 Å². The molecule has 3 aromatic rings. The molecule has 1 N–H and O–H groups in total. The molecule has 198 valence electrons. The number of phenols is 1. The molecule has 4 aliphatic rings. The number of likely N-dealkylation sites (tertiary alicyclic amines) is 1. The molecule has 2 amide bonds. The molecule has 0 spiro atoms. The first-order valence-corrected chi connectivity index (χ1v) is 13.6. The Balaban J connectivity index is 1.38. The number of rotatable bonds is 3. The topological polar surface area (TPSA) is 91.8 Å². The van der Waals surface area contributed by atoms with Gasteiger partial charge in [-0.2, -0.15) is 0 Å². The number of allylic oxidation sites excluding steroid dienone is 6. The van der Waals surface area contributed by atoms with Crippen molar-refractivity contribution in [2.24, 2.45) is 17.8 Å². The van der Waals surface area contributed by atoms with Crippen LogP contribution in [-0.2, 0) is 25.7 Å². The second-order valence-corrected chi connectivity index (χ2v) is 11.2. The summed E-state index contributed by atoms with van der Waals surface area (Å²) in [5, 5.41) is 12.0. The lowest BCUT2D eigenvalue weighted by Crippen LogP contribution is -2.39. The molecular formula is C34H27NO5. The first kappa shape index (κ1) is 24.5. The number of ketones is 2. The maximum absolute atomic E-state index is 13.9. The summed E-state index contributed by atoms with van der Waals surface area (Å²) in [5.74, 6) is -2.65. The number of benzene rings is 3. The largest absolute Gasteiger partial charge is 0.507 e. The van der Waals surface area contributed by atoms with Crippen LogP contribution >= 0.6 is 0 Å². The average Bonchev–Trinajstić information content (AvgIpc) is 3.21. The van der Waals surface area contributed by atoms with E-state index in [0.717, 1.165) is 22.1 Å². The van der Waals surface area contributed by atoms with E-state index >= 15 is 0 Å². The highest BCUT2D eigenvalue weighted by molar-refractivity contribution is 6.24. The fourth-order valence-corrected chi connectivity index (χ4v) is 7.28. The van der Waals surface area contributed by atoms with E-state index in [1.54, 1.807) is 13.0 Å². The van der Waals surface area contributed by atoms with E-state index in [-0.39, 0.29) is 48.0 Å². The Labute approximate surface area is 231 Å². The highest BCUT2D eigenvalue weighted by Gasteiger charge is 2.56. The highest BCUT2D eigenvalue weighted by Crippen LogP contribution is 2.56. The molecule has 6 nitrogen and oxygen atoms in total. The van der Waals surface area contributed by atoms with Gasteiger partial charge in [-0.15, -0.1) is 0 Å². The molecule has 7 rings (SSSR count). The van der Waals surface area contributed by atoms with E-state index in [1.165, 1.54) is 11.0 Å². The number of imide groups is 1. The fourth-order valence-electron chi connectivity index (χ4n) is 7.28. The van der Waals surface area contributed by atoms with Gasteiger partial charge in [0.15, 0.2) is 11.6 Å². The van der Waals surface area contributed by atoms with Gasteiger partial charge in [0.1, 0.15) is 5.75 Å². The van der Waals surface area contributed by atoms with Crippen molar-refractivity contribution >= 4 is 34.2 Å². The van der Waals surface area contributed by atoms with Crippen LogP contribution in [0.3, 0.4) is 0 Å². The van der Waals surface area contributed by atoms with Gasteiger partial charge >= 0.3 is 0 Å². The molecule has 0 aromatic heterocycles. The number of aromatic hydroxyl groups is 1. The van der Waals surface area contributed by atoms with E-state index in [1.807, 2.05) is 66.7 Å². The first-order valence-electron chi connectivity index (χ1n) is 13.6. The van der Waals surface area contributed by atoms with Gasteiger partial charge < -0.3 is 5.11 Å². The summed E-state index contributed by atoms with van der Waals surface area (Å²) in [6.07, 6.45) is 4.10. The van der Waals surface area contributed by atoms with Gasteiger partial charge in [0.2, 0.25) is 11.8 Å². The summed E-state index contributed by atoms with van der Waals surface area (Å²) in [6.45, 7) is 1.86. The van der Waals surface area contributed by atoms with Gasteiger partial charge in [0.25, 0.3) is 0 Å². The summed E-state index contributed by atoms with van der Waals surface area (Å²) in [5.41, 5.74) is 3.88. The highest BCUT2D eigenvalue weighted by atomic mass is 16.3. The number of amides is 2. The molecule has 3 aliphatic carbocycles. The van der Waals surface area contributed by atoms with Crippen molar-refractivity contribution in [3.05, 3.63) is 112 Å². The van der Waals surface area contributed by atoms with Crippen molar-refractivity contribution in [3.63, 3.8) is 0 Å². The number of fused-ring (bicyclic) bond motifs is 4. The Bertz CT molecular complexity index is 1740. The molecule has 0 bridgehead atoms. The Kier molecular flexibility index (Phi) is 5.49. The van der Waals surface area contributed by atoms with Crippen LogP contribution in [0.15, 0.2) is 101 Å². The van der Waals surface area contributed by atoms with Crippen molar-refractivity contribution in [3.8, 4) is 5.75 Å². The van der Waals surface area contributed by atoms with E-state index in [2.05, 4.69) is 0 Å². The van der Waals surface area contributed by atoms with E-state index in [0.29, 0.717) is 28.5 Å². The minimum atomic E-state index is -0.592. The van der Waals surface area contributed by atoms with Crippen LogP contribution < -0.4 is 0 Å². The number of nitrogens with zero attached hydrogens (tertiary/aromatic N) is 1. The molecule has 1 fully saturated rings. The van der Waals surface area contributed by atoms with Crippen molar-refractivity contribution in [2.45, 2.75) is 32.2 Å². The van der Waals surface area contributed by atoms with Crippen LogP contribution in [0.25, 0.3) is 10.8 Å². The monoisotopic (exact) mass is 529 g/mol. The van der Waals surface area contributed by atoms with Gasteiger partial charge in [-0.05, 0) is 54.3 Å². The van der Waals surface area contributed by atoms with Gasteiger partial charge in [-0.25, -0.2) is 0 Å². The summed E-state index contributed by atoms with van der Waals surface area (Å²) in [4.78, 5) is 55.9. The maximum atomic E-state index is 13.9. The smallest absolute Gasteiger partial charge is 0.234 e. The van der Waals surface area contributed by atoms with Crippen molar-refractivity contribution in [1.82, 2.24) is 4.90 Å². The Hall–Kier alpha value is -4.58. The van der Waals surface area contributed by atoms with Crippen LogP contribution in [0, 0.1) is 17.8 Å². The molecule has 1 aliphatic heterocycles. The zero-order valence-corrected chi connectivity index (χ0v) is 22.0. The molecule has 0 radical (unpaired) electrons. The standard InChI is InChI=1S/C34H27NO5/c1-18-15-28(37)31-26(32(18)38)16-25-23(29(31)22-13-14-27(36)21-10-6-5-9-20(21)22)11-12-24-30(25)34(40)35(33(24)39)17-19-7-3-2-4-8-19/h2-11,13-15,24-25,29-30,36H,12,16-17H2,1H3. The van der Waals surface area contributed by atoms with E-state index < -0.39 is 17.8 Å². The van der Waals surface area contributed by atoms with Crippen molar-refractivity contribution in [1.29, 1.82) is 0 Å². The van der Waals surface area contributed by atoms with Gasteiger partial charge in [0.05, 0.1) is 18.4 Å². The van der Waals surface area contributed by atoms with Gasteiger partial charge in [0, 0.05) is 28.0 Å². The lowest BCUT2D eigenvalue weighted by atomic mass is 9.59. The third-order valence-corrected chi connectivity index (χ3v) is 9.08. The molecular weight excluding hydrogens is 502 g/mol. The summed E-state index contributed by atoms with van der Waals surface area (Å²) in [6, 6.07) is 20.4. The zero-order chi connectivity index (χ0) is 27.7. The second kappa shape index (κ2) is 8.98. The minimum Gasteiger partial charge on any atom is -0.507 e. The van der Waals surface area contributed by atoms with Crippen LogP contribution in [0.1, 0.15) is 36.8 Å². The van der Waals surface area contributed by atoms with Gasteiger partial charge in [-0.1, -0.05) is 72.3 Å². The van der Waals surface area contributed by atoms with Crippen LogP contribution in [0.4, 0.5) is 0 Å². The average molecular weight is 530 g/mol. The molecule has 1 saturated heterocycles. The predicted octanol–water partition coefficient (Wildman–Crippen LogP) is 5.18. The third kappa shape index (κ3) is 3.48. The van der Waals surface area contributed by atoms with Crippen LogP contribution in [-0.4, -0.2) is 33.4 Å². The Morgan fingerprint density at radius 3 is 2.35 bits per heavy atom. The quantitative estimate of drug-likeness (QED) is 0.287. The lowest BCUT2D eigenvalue weighted by molar-refractivity contribution is -0.140. The Morgan fingerprint density at radius 1 is 0.850 bits per heavy atom. The number of phenolic OH excluding ortho intramolecular Hbond substituents is 1. The molecule has 6 heteroatoms. The normalized spacial score (nSPS) is 26.0. The van der Waals surface area contributed by atoms with Gasteiger partial charge in [-0.3, -0.25) is 24.1 Å². The van der Waals surface area contributed by atoms with E-state index in [4.69, 9.17) is 0 Å². The molecule has 0 saturated carbocycles. The predicted molar refractivity (Wildman–Crippen MR) is 149 cm³/mol. The minimum absolute atomic E-state index is 0.133. The fraction of sp³-hybridized carbons (Fsp3) is 0.235. The molecule has 3 aromatic carbocycles. The molecule has 4 atom stereocenters. The summed E-state index contributed by atoms with van der Waals surface area (Å²) < 4.78 is 0. The number of Topliss-reactive ketones (excluding diaryl/α,β-unsaturated/α-hetero) is 1. The van der Waals surface area contributed by atoms with E-state index in [9.17, 15) is 24.3 Å². The lowest BCUT2D eigenvalue weighted by Gasteiger charge is -2.42. The number of carbonyl (C=O) groups excluding carboxylic acids is 4. The number of carbonyl (C=O) groups is 4.